The fraction of sp³-hybridized carbons (Fsp3) is 0.935. The molecular weight excluding hydrogens is 444 g/mol. The van der Waals surface area contributed by atoms with Crippen molar-refractivity contribution >= 4 is 11.7 Å². The van der Waals surface area contributed by atoms with Gasteiger partial charge in [-0.1, -0.05) is 123 Å². The highest BCUT2D eigenvalue weighted by molar-refractivity contribution is 5.85. The highest BCUT2D eigenvalue weighted by atomic mass is 16.2. The standard InChI is InChI=1S/C31H62N4O/c1-5-7-9-11-13-15-16-18-20-22-24-30-33-25-26-35(30)28(4)34-31(36)29(27(3)32)23-21-19-17-14-12-10-8-6-2/h27-29H,5-26,32H2,1-4H3,(H,34,36). The average molecular weight is 507 g/mol. The van der Waals surface area contributed by atoms with Crippen molar-refractivity contribution in [1.82, 2.24) is 10.2 Å². The minimum absolute atomic E-state index is 0.0123. The van der Waals surface area contributed by atoms with E-state index in [1.54, 1.807) is 0 Å². The van der Waals surface area contributed by atoms with Crippen LogP contribution in [0, 0.1) is 5.92 Å². The molecule has 0 aliphatic carbocycles. The fourth-order valence-corrected chi connectivity index (χ4v) is 5.44. The lowest BCUT2D eigenvalue weighted by Crippen LogP contribution is -2.51. The predicted molar refractivity (Wildman–Crippen MR) is 157 cm³/mol. The van der Waals surface area contributed by atoms with E-state index in [1.807, 2.05) is 6.92 Å². The Kier molecular flexibility index (Phi) is 20.1. The zero-order valence-electron chi connectivity index (χ0n) is 24.7. The largest absolute Gasteiger partial charge is 0.338 e. The summed E-state index contributed by atoms with van der Waals surface area (Å²) in [6.07, 6.45) is 25.7. The first-order valence-corrected chi connectivity index (χ1v) is 15.9. The Morgan fingerprint density at radius 3 is 1.78 bits per heavy atom. The highest BCUT2D eigenvalue weighted by Crippen LogP contribution is 2.18. The Balaban J connectivity index is 2.25. The molecule has 0 aromatic rings. The maximum absolute atomic E-state index is 13.1. The molecule has 3 N–H and O–H groups in total. The van der Waals surface area contributed by atoms with E-state index in [0.717, 1.165) is 32.4 Å². The monoisotopic (exact) mass is 506 g/mol. The van der Waals surface area contributed by atoms with Crippen LogP contribution in [0.3, 0.4) is 0 Å². The van der Waals surface area contributed by atoms with Crippen LogP contribution >= 0.6 is 0 Å². The Morgan fingerprint density at radius 1 is 0.806 bits per heavy atom. The minimum Gasteiger partial charge on any atom is -0.338 e. The van der Waals surface area contributed by atoms with E-state index in [2.05, 4.69) is 31.0 Å². The molecule has 1 heterocycles. The maximum atomic E-state index is 13.1. The Hall–Kier alpha value is -1.10. The number of carbonyl (C=O) groups is 1. The SMILES string of the molecule is CCCCCCCCCCCCC1=NCCN1C(C)NC(=O)C(CCCCCCCCCC)C(C)N. The third-order valence-electron chi connectivity index (χ3n) is 7.88. The van der Waals surface area contributed by atoms with Gasteiger partial charge in [0.1, 0.15) is 5.84 Å². The summed E-state index contributed by atoms with van der Waals surface area (Å²) in [7, 11) is 0. The van der Waals surface area contributed by atoms with Crippen molar-refractivity contribution in [3.8, 4) is 0 Å². The van der Waals surface area contributed by atoms with Crippen molar-refractivity contribution in [2.45, 2.75) is 168 Å². The molecule has 3 atom stereocenters. The summed E-state index contributed by atoms with van der Waals surface area (Å²) >= 11 is 0. The van der Waals surface area contributed by atoms with Crippen LogP contribution in [0.2, 0.25) is 0 Å². The average Bonchev–Trinajstić information content (AvgIpc) is 3.32. The molecular formula is C31H62N4O. The van der Waals surface area contributed by atoms with Crippen molar-refractivity contribution in [3.05, 3.63) is 0 Å². The van der Waals surface area contributed by atoms with Gasteiger partial charge in [0.2, 0.25) is 5.91 Å². The van der Waals surface area contributed by atoms with Gasteiger partial charge in [0.25, 0.3) is 0 Å². The number of aliphatic imine (C=N–C) groups is 1. The molecule has 1 aliphatic heterocycles. The maximum Gasteiger partial charge on any atom is 0.226 e. The first-order chi connectivity index (χ1) is 17.5. The van der Waals surface area contributed by atoms with Gasteiger partial charge in [-0.2, -0.15) is 0 Å². The van der Waals surface area contributed by atoms with Crippen molar-refractivity contribution in [3.63, 3.8) is 0 Å². The molecule has 0 bridgehead atoms. The van der Waals surface area contributed by atoms with Crippen LogP contribution in [-0.2, 0) is 4.79 Å². The molecule has 3 unspecified atom stereocenters. The van der Waals surface area contributed by atoms with E-state index in [1.165, 1.54) is 115 Å². The second-order valence-electron chi connectivity index (χ2n) is 11.3. The molecule has 0 aromatic carbocycles. The second kappa shape index (κ2) is 21.9. The number of nitrogens with two attached hydrogens (primary N) is 1. The van der Waals surface area contributed by atoms with Crippen molar-refractivity contribution in [2.24, 2.45) is 16.6 Å². The van der Waals surface area contributed by atoms with Gasteiger partial charge in [0, 0.05) is 19.0 Å². The van der Waals surface area contributed by atoms with E-state index in [-0.39, 0.29) is 24.0 Å². The van der Waals surface area contributed by atoms with Crippen molar-refractivity contribution in [2.75, 3.05) is 13.1 Å². The molecule has 0 aromatic heterocycles. The zero-order valence-corrected chi connectivity index (χ0v) is 24.7. The van der Waals surface area contributed by atoms with Gasteiger partial charge in [-0.3, -0.25) is 9.79 Å². The van der Waals surface area contributed by atoms with Crippen LogP contribution in [0.5, 0.6) is 0 Å². The van der Waals surface area contributed by atoms with E-state index >= 15 is 0 Å². The molecule has 1 amide bonds. The number of carbonyl (C=O) groups excluding carboxylic acids is 1. The summed E-state index contributed by atoms with van der Waals surface area (Å²) in [6, 6.07) is -0.111. The Morgan fingerprint density at radius 2 is 1.28 bits per heavy atom. The molecule has 0 spiro atoms. The summed E-state index contributed by atoms with van der Waals surface area (Å²) < 4.78 is 0. The Bertz CT molecular complexity index is 563. The second-order valence-corrected chi connectivity index (χ2v) is 11.3. The van der Waals surface area contributed by atoms with E-state index < -0.39 is 0 Å². The highest BCUT2D eigenvalue weighted by Gasteiger charge is 2.27. The molecule has 1 rings (SSSR count). The predicted octanol–water partition coefficient (Wildman–Crippen LogP) is 7.97. The summed E-state index contributed by atoms with van der Waals surface area (Å²) in [6.45, 7) is 10.4. The van der Waals surface area contributed by atoms with E-state index in [0.29, 0.717) is 0 Å². The van der Waals surface area contributed by atoms with Gasteiger partial charge in [-0.05, 0) is 26.7 Å². The number of amidine groups is 1. The summed E-state index contributed by atoms with van der Waals surface area (Å²) in [5.74, 6) is 1.20. The van der Waals surface area contributed by atoms with Crippen LogP contribution in [0.1, 0.15) is 156 Å². The molecule has 212 valence electrons. The van der Waals surface area contributed by atoms with Gasteiger partial charge < -0.3 is 16.0 Å². The van der Waals surface area contributed by atoms with Crippen LogP contribution < -0.4 is 11.1 Å². The van der Waals surface area contributed by atoms with Crippen molar-refractivity contribution in [1.29, 1.82) is 0 Å². The first kappa shape index (κ1) is 32.9. The van der Waals surface area contributed by atoms with Crippen molar-refractivity contribution < 1.29 is 4.79 Å². The third kappa shape index (κ3) is 15.2. The smallest absolute Gasteiger partial charge is 0.226 e. The Labute approximate surface area is 224 Å². The summed E-state index contributed by atoms with van der Waals surface area (Å²) in [5, 5.41) is 3.27. The quantitative estimate of drug-likeness (QED) is 0.130. The van der Waals surface area contributed by atoms with Crippen LogP contribution in [0.4, 0.5) is 0 Å². The number of rotatable bonds is 24. The fourth-order valence-electron chi connectivity index (χ4n) is 5.44. The number of amides is 1. The molecule has 5 heteroatoms. The van der Waals surface area contributed by atoms with Crippen LogP contribution in [0.25, 0.3) is 0 Å². The lowest BCUT2D eigenvalue weighted by Gasteiger charge is -2.31. The minimum atomic E-state index is -0.111. The van der Waals surface area contributed by atoms with E-state index in [9.17, 15) is 4.79 Å². The van der Waals surface area contributed by atoms with Crippen LogP contribution in [0.15, 0.2) is 4.99 Å². The number of hydrogen-bond donors (Lipinski definition) is 2. The zero-order chi connectivity index (χ0) is 26.4. The first-order valence-electron chi connectivity index (χ1n) is 15.9. The molecule has 0 fully saturated rings. The number of nitrogens with zero attached hydrogens (tertiary/aromatic N) is 2. The molecule has 5 nitrogen and oxygen atoms in total. The lowest BCUT2D eigenvalue weighted by molar-refractivity contribution is -0.127. The topological polar surface area (TPSA) is 70.7 Å². The van der Waals surface area contributed by atoms with Crippen LogP contribution in [-0.4, -0.2) is 41.9 Å². The molecule has 1 aliphatic rings. The van der Waals surface area contributed by atoms with Gasteiger partial charge >= 0.3 is 0 Å². The third-order valence-corrected chi connectivity index (χ3v) is 7.88. The molecule has 0 saturated heterocycles. The summed E-state index contributed by atoms with van der Waals surface area (Å²) in [5.41, 5.74) is 6.24. The molecule has 36 heavy (non-hydrogen) atoms. The number of hydrogen-bond acceptors (Lipinski definition) is 4. The van der Waals surface area contributed by atoms with Gasteiger partial charge in [0.15, 0.2) is 0 Å². The summed E-state index contributed by atoms with van der Waals surface area (Å²) in [4.78, 5) is 20.2. The molecule has 0 radical (unpaired) electrons. The van der Waals surface area contributed by atoms with Gasteiger partial charge in [-0.25, -0.2) is 0 Å². The van der Waals surface area contributed by atoms with E-state index in [4.69, 9.17) is 10.7 Å². The number of nitrogens with one attached hydrogen (secondary N) is 1. The molecule has 0 saturated carbocycles. The van der Waals surface area contributed by atoms with Gasteiger partial charge in [0.05, 0.1) is 18.6 Å². The lowest BCUT2D eigenvalue weighted by atomic mass is 9.93. The van der Waals surface area contributed by atoms with Gasteiger partial charge in [-0.15, -0.1) is 0 Å². The normalized spacial score (nSPS) is 16.1. The number of unbranched alkanes of at least 4 members (excludes halogenated alkanes) is 16.